The van der Waals surface area contributed by atoms with Gasteiger partial charge in [-0.2, -0.15) is 0 Å². The summed E-state index contributed by atoms with van der Waals surface area (Å²) < 4.78 is 1.89. The average molecular weight is 128 g/mol. The Morgan fingerprint density at radius 2 is 2.33 bits per heavy atom. The van der Waals surface area contributed by atoms with Crippen LogP contribution < -0.4 is 0 Å². The number of hydrogen-bond acceptors (Lipinski definition) is 2. The van der Waals surface area contributed by atoms with Crippen molar-refractivity contribution in [1.82, 2.24) is 9.55 Å². The predicted octanol–water partition coefficient (Wildman–Crippen LogP) is 0.121. The first kappa shape index (κ1) is 7.68. The molecule has 0 aliphatic rings. The monoisotopic (exact) mass is 128 g/mol. The van der Waals surface area contributed by atoms with Crippen LogP contribution in [0.15, 0.2) is 18.7 Å². The van der Waals surface area contributed by atoms with E-state index >= 15 is 0 Å². The molecule has 0 spiro atoms. The maximum atomic E-state index is 8.36. The highest BCUT2D eigenvalue weighted by Gasteiger charge is 1.69. The van der Waals surface area contributed by atoms with Gasteiger partial charge in [-0.3, -0.25) is 4.79 Å². The summed E-state index contributed by atoms with van der Waals surface area (Å²) in [5.41, 5.74) is 0. The summed E-state index contributed by atoms with van der Waals surface area (Å²) in [5, 5.41) is 6.89. The van der Waals surface area contributed by atoms with Crippen molar-refractivity contribution in [2.75, 3.05) is 0 Å². The third-order valence-electron chi connectivity index (χ3n) is 0.637. The molecule has 0 fully saturated rings. The van der Waals surface area contributed by atoms with Crippen LogP contribution in [0, 0.1) is 0 Å². The van der Waals surface area contributed by atoms with Crippen molar-refractivity contribution in [2.45, 2.75) is 0 Å². The minimum atomic E-state index is -0.250. The molecule has 4 nitrogen and oxygen atoms in total. The quantitative estimate of drug-likeness (QED) is 0.505. The molecule has 1 N–H and O–H groups in total. The van der Waals surface area contributed by atoms with Crippen molar-refractivity contribution in [3.63, 3.8) is 0 Å². The summed E-state index contributed by atoms with van der Waals surface area (Å²) in [7, 11) is 1.94. The van der Waals surface area contributed by atoms with Crippen LogP contribution >= 0.6 is 0 Å². The minimum Gasteiger partial charge on any atom is -0.483 e. The smallest absolute Gasteiger partial charge is 0.290 e. The summed E-state index contributed by atoms with van der Waals surface area (Å²) >= 11 is 0. The van der Waals surface area contributed by atoms with Crippen LogP contribution in [0.3, 0.4) is 0 Å². The molecule has 4 heteroatoms. The molecular formula is C5H8N2O2. The van der Waals surface area contributed by atoms with Crippen LogP contribution in [0.4, 0.5) is 0 Å². The SMILES string of the molecule is Cn1ccnc1.O=CO. The molecule has 0 aliphatic heterocycles. The lowest BCUT2D eigenvalue weighted by Crippen LogP contribution is -1.76. The minimum absolute atomic E-state index is 0.250. The lowest BCUT2D eigenvalue weighted by molar-refractivity contribution is -0.122. The zero-order chi connectivity index (χ0) is 7.11. The normalized spacial score (nSPS) is 7.22. The summed E-state index contributed by atoms with van der Waals surface area (Å²) in [6.45, 7) is -0.250. The Hall–Kier alpha value is -1.32. The van der Waals surface area contributed by atoms with Crippen molar-refractivity contribution >= 4 is 6.47 Å². The van der Waals surface area contributed by atoms with Crippen molar-refractivity contribution in [1.29, 1.82) is 0 Å². The zero-order valence-corrected chi connectivity index (χ0v) is 5.06. The summed E-state index contributed by atoms with van der Waals surface area (Å²) in [4.78, 5) is 12.1. The Labute approximate surface area is 52.8 Å². The van der Waals surface area contributed by atoms with Gasteiger partial charge in [0.15, 0.2) is 0 Å². The van der Waals surface area contributed by atoms with E-state index in [0.717, 1.165) is 0 Å². The van der Waals surface area contributed by atoms with Gasteiger partial charge in [0, 0.05) is 19.4 Å². The number of aryl methyl sites for hydroxylation is 1. The highest BCUT2D eigenvalue weighted by molar-refractivity contribution is 5.32. The van der Waals surface area contributed by atoms with Crippen LogP contribution in [0.5, 0.6) is 0 Å². The van der Waals surface area contributed by atoms with Gasteiger partial charge in [0.25, 0.3) is 6.47 Å². The van der Waals surface area contributed by atoms with Gasteiger partial charge in [-0.05, 0) is 0 Å². The van der Waals surface area contributed by atoms with Crippen molar-refractivity contribution in [2.24, 2.45) is 7.05 Å². The molecule has 1 rings (SSSR count). The van der Waals surface area contributed by atoms with E-state index in [0.29, 0.717) is 0 Å². The highest BCUT2D eigenvalue weighted by atomic mass is 16.3. The number of aromatic nitrogens is 2. The van der Waals surface area contributed by atoms with Gasteiger partial charge in [0.1, 0.15) is 0 Å². The molecule has 1 aromatic rings. The summed E-state index contributed by atoms with van der Waals surface area (Å²) in [6, 6.07) is 0. The molecule has 1 aromatic heterocycles. The van der Waals surface area contributed by atoms with Gasteiger partial charge >= 0.3 is 0 Å². The van der Waals surface area contributed by atoms with Gasteiger partial charge in [-0.25, -0.2) is 4.98 Å². The number of carboxylic acid groups (broad SMARTS) is 1. The molecule has 0 radical (unpaired) electrons. The first-order valence-electron chi connectivity index (χ1n) is 2.31. The zero-order valence-electron chi connectivity index (χ0n) is 5.06. The Morgan fingerprint density at radius 3 is 2.44 bits per heavy atom. The van der Waals surface area contributed by atoms with Gasteiger partial charge in [0.05, 0.1) is 6.33 Å². The largest absolute Gasteiger partial charge is 0.483 e. The molecule has 0 amide bonds. The molecule has 0 aliphatic carbocycles. The molecule has 0 atom stereocenters. The molecule has 0 saturated heterocycles. The molecule has 0 bridgehead atoms. The van der Waals surface area contributed by atoms with E-state index in [2.05, 4.69) is 4.98 Å². The first-order chi connectivity index (χ1) is 4.31. The Bertz CT molecular complexity index is 148. The number of imidazole rings is 1. The molecule has 0 aromatic carbocycles. The lowest BCUT2D eigenvalue weighted by Gasteiger charge is -1.76. The van der Waals surface area contributed by atoms with Crippen LogP contribution in [0.1, 0.15) is 0 Å². The summed E-state index contributed by atoms with van der Waals surface area (Å²) in [6.07, 6.45) is 5.39. The number of hydrogen-bond donors (Lipinski definition) is 1. The van der Waals surface area contributed by atoms with Gasteiger partial charge in [-0.15, -0.1) is 0 Å². The van der Waals surface area contributed by atoms with E-state index in [1.54, 1.807) is 12.5 Å². The van der Waals surface area contributed by atoms with E-state index in [1.165, 1.54) is 0 Å². The molecular weight excluding hydrogens is 120 g/mol. The second-order valence-electron chi connectivity index (χ2n) is 1.33. The van der Waals surface area contributed by atoms with Crippen molar-refractivity contribution in [3.8, 4) is 0 Å². The maximum absolute atomic E-state index is 8.36. The van der Waals surface area contributed by atoms with E-state index < -0.39 is 0 Å². The van der Waals surface area contributed by atoms with E-state index in [-0.39, 0.29) is 6.47 Å². The number of nitrogens with zero attached hydrogens (tertiary/aromatic N) is 2. The van der Waals surface area contributed by atoms with Crippen LogP contribution in [-0.2, 0) is 11.8 Å². The van der Waals surface area contributed by atoms with Gasteiger partial charge in [-0.1, -0.05) is 0 Å². The average Bonchev–Trinajstić information content (AvgIpc) is 2.20. The third kappa shape index (κ3) is 4.53. The molecule has 9 heavy (non-hydrogen) atoms. The van der Waals surface area contributed by atoms with Crippen LogP contribution in [0.25, 0.3) is 0 Å². The van der Waals surface area contributed by atoms with Gasteiger partial charge < -0.3 is 9.67 Å². The molecule has 0 saturated carbocycles. The topological polar surface area (TPSA) is 55.1 Å². The standard InChI is InChI=1S/C4H6N2.CH2O2/c1-6-3-2-5-4-6;2-1-3/h2-4H,1H3;1H,(H,2,3). The van der Waals surface area contributed by atoms with E-state index in [9.17, 15) is 0 Å². The van der Waals surface area contributed by atoms with E-state index in [1.807, 2.05) is 17.8 Å². The van der Waals surface area contributed by atoms with E-state index in [4.69, 9.17) is 9.90 Å². The molecule has 1 heterocycles. The Morgan fingerprint density at radius 1 is 1.78 bits per heavy atom. The Balaban J connectivity index is 0.000000187. The van der Waals surface area contributed by atoms with Crippen molar-refractivity contribution < 1.29 is 9.90 Å². The fourth-order valence-corrected chi connectivity index (χ4v) is 0.326. The predicted molar refractivity (Wildman–Crippen MR) is 31.9 cm³/mol. The molecule has 50 valence electrons. The highest BCUT2D eigenvalue weighted by Crippen LogP contribution is 1.73. The van der Waals surface area contributed by atoms with Crippen LogP contribution in [0.2, 0.25) is 0 Å². The second kappa shape index (κ2) is 4.83. The van der Waals surface area contributed by atoms with Gasteiger partial charge in [0.2, 0.25) is 0 Å². The second-order valence-corrected chi connectivity index (χ2v) is 1.33. The first-order valence-corrected chi connectivity index (χ1v) is 2.31. The summed E-state index contributed by atoms with van der Waals surface area (Å²) in [5.74, 6) is 0. The number of carbonyl (C=O) groups is 1. The molecule has 0 unspecified atom stereocenters. The maximum Gasteiger partial charge on any atom is 0.290 e. The fourth-order valence-electron chi connectivity index (χ4n) is 0.326. The van der Waals surface area contributed by atoms with Crippen LogP contribution in [-0.4, -0.2) is 21.1 Å². The van der Waals surface area contributed by atoms with Crippen molar-refractivity contribution in [3.05, 3.63) is 18.7 Å². The third-order valence-corrected chi connectivity index (χ3v) is 0.637. The fraction of sp³-hybridized carbons (Fsp3) is 0.200. The lowest BCUT2D eigenvalue weighted by atomic mass is 10.9. The number of rotatable bonds is 0. The Kier molecular flexibility index (Phi) is 4.12.